The molecule has 0 spiro atoms. The van der Waals surface area contributed by atoms with Crippen LogP contribution in [0.15, 0.2) is 72.8 Å². The monoisotopic (exact) mass is 443 g/mol. The average Bonchev–Trinajstić information content (AvgIpc) is 3.31. The number of aryl methyl sites for hydroxylation is 2. The molecule has 2 aliphatic rings. The van der Waals surface area contributed by atoms with Crippen molar-refractivity contribution in [2.24, 2.45) is 5.92 Å². The van der Waals surface area contributed by atoms with Crippen LogP contribution in [-0.4, -0.2) is 22.8 Å². The SMILES string of the molecule is Cc1ccc(N2C(=O)[C@H]3[C@H](ON(c4ccccc4)[C@@H]3c3ccc([N+](=O)[O-])cc3)C2=O)c(C)c1. The standard InChI is InChI=1S/C25H21N3O5/c1-15-8-13-20(16(2)14-15)26-24(29)21-22(17-9-11-19(12-10-17)28(31)32)27(33-23(21)25(26)30)18-6-4-3-5-7-18/h3-14,21-23H,1-2H3/t21-,22-,23+/m1/s1. The van der Waals surface area contributed by atoms with Crippen molar-refractivity contribution in [2.75, 3.05) is 9.96 Å². The number of carbonyl (C=O) groups is 2. The maximum atomic E-state index is 13.7. The highest BCUT2D eigenvalue weighted by Crippen LogP contribution is 2.48. The number of nitrogens with zero attached hydrogens (tertiary/aromatic N) is 3. The van der Waals surface area contributed by atoms with Crippen molar-refractivity contribution in [2.45, 2.75) is 26.0 Å². The molecular formula is C25H21N3O5. The van der Waals surface area contributed by atoms with Gasteiger partial charge in [-0.2, -0.15) is 0 Å². The molecule has 2 heterocycles. The molecule has 0 aliphatic carbocycles. The fourth-order valence-electron chi connectivity index (χ4n) is 4.64. The normalized spacial score (nSPS) is 22.1. The second kappa shape index (κ2) is 7.83. The Morgan fingerprint density at radius 3 is 2.24 bits per heavy atom. The van der Waals surface area contributed by atoms with Gasteiger partial charge in [0.1, 0.15) is 5.92 Å². The number of fused-ring (bicyclic) bond motifs is 1. The van der Waals surface area contributed by atoms with Crippen LogP contribution in [0.3, 0.4) is 0 Å². The van der Waals surface area contributed by atoms with Crippen molar-refractivity contribution in [3.05, 3.63) is 99.6 Å². The Labute approximate surface area is 190 Å². The molecule has 0 N–H and O–H groups in total. The van der Waals surface area contributed by atoms with E-state index in [1.807, 2.05) is 56.3 Å². The summed E-state index contributed by atoms with van der Waals surface area (Å²) in [6, 6.07) is 20.2. The molecular weight excluding hydrogens is 422 g/mol. The molecule has 0 unspecified atom stereocenters. The predicted molar refractivity (Wildman–Crippen MR) is 122 cm³/mol. The van der Waals surface area contributed by atoms with Crippen LogP contribution in [0.1, 0.15) is 22.7 Å². The lowest BCUT2D eigenvalue weighted by Crippen LogP contribution is -2.37. The van der Waals surface area contributed by atoms with Crippen LogP contribution in [0.2, 0.25) is 0 Å². The molecule has 2 fully saturated rings. The summed E-state index contributed by atoms with van der Waals surface area (Å²) >= 11 is 0. The summed E-state index contributed by atoms with van der Waals surface area (Å²) in [6.07, 6.45) is -0.987. The molecule has 2 aliphatic heterocycles. The van der Waals surface area contributed by atoms with Gasteiger partial charge in [-0.05, 0) is 43.2 Å². The van der Waals surface area contributed by atoms with E-state index in [-0.39, 0.29) is 11.6 Å². The summed E-state index contributed by atoms with van der Waals surface area (Å²) in [6.45, 7) is 3.81. The minimum atomic E-state index is -0.987. The number of hydrogen-bond acceptors (Lipinski definition) is 6. The average molecular weight is 443 g/mol. The van der Waals surface area contributed by atoms with E-state index in [4.69, 9.17) is 4.84 Å². The smallest absolute Gasteiger partial charge is 0.269 e. The lowest BCUT2D eigenvalue weighted by molar-refractivity contribution is -0.384. The van der Waals surface area contributed by atoms with Crippen LogP contribution in [-0.2, 0) is 14.4 Å². The number of carbonyl (C=O) groups excluding carboxylic acids is 2. The van der Waals surface area contributed by atoms with Crippen molar-refractivity contribution in [3.8, 4) is 0 Å². The van der Waals surface area contributed by atoms with Gasteiger partial charge in [0.15, 0.2) is 6.10 Å². The topological polar surface area (TPSA) is 93.0 Å². The summed E-state index contributed by atoms with van der Waals surface area (Å²) in [5, 5.41) is 12.7. The highest BCUT2D eigenvalue weighted by molar-refractivity contribution is 6.24. The molecule has 33 heavy (non-hydrogen) atoms. The zero-order valence-electron chi connectivity index (χ0n) is 18.0. The van der Waals surface area contributed by atoms with Gasteiger partial charge in [-0.3, -0.25) is 24.5 Å². The van der Waals surface area contributed by atoms with Gasteiger partial charge in [0.2, 0.25) is 5.91 Å². The van der Waals surface area contributed by atoms with E-state index >= 15 is 0 Å². The van der Waals surface area contributed by atoms with Crippen LogP contribution < -0.4 is 9.96 Å². The number of hydrogen-bond donors (Lipinski definition) is 0. The zero-order valence-corrected chi connectivity index (χ0v) is 18.0. The maximum Gasteiger partial charge on any atom is 0.269 e. The fraction of sp³-hybridized carbons (Fsp3) is 0.200. The first kappa shape index (κ1) is 20.8. The Bertz CT molecular complexity index is 1260. The molecule has 8 heteroatoms. The van der Waals surface area contributed by atoms with Gasteiger partial charge >= 0.3 is 0 Å². The van der Waals surface area contributed by atoms with Crippen molar-refractivity contribution < 1.29 is 19.3 Å². The maximum absolute atomic E-state index is 13.7. The number of imide groups is 1. The first-order valence-corrected chi connectivity index (χ1v) is 10.6. The second-order valence-corrected chi connectivity index (χ2v) is 8.31. The Morgan fingerprint density at radius 1 is 0.909 bits per heavy atom. The summed E-state index contributed by atoms with van der Waals surface area (Å²) < 4.78 is 0. The van der Waals surface area contributed by atoms with Crippen molar-refractivity contribution >= 4 is 28.9 Å². The van der Waals surface area contributed by atoms with E-state index < -0.39 is 28.9 Å². The van der Waals surface area contributed by atoms with Crippen LogP contribution >= 0.6 is 0 Å². The largest absolute Gasteiger partial charge is 0.273 e. The molecule has 0 radical (unpaired) electrons. The number of nitro groups is 1. The summed E-state index contributed by atoms with van der Waals surface area (Å²) in [4.78, 5) is 45.0. The Morgan fingerprint density at radius 2 is 1.61 bits per heavy atom. The third-order valence-corrected chi connectivity index (χ3v) is 6.16. The van der Waals surface area contributed by atoms with E-state index in [0.29, 0.717) is 16.9 Å². The van der Waals surface area contributed by atoms with Crippen LogP contribution in [0.4, 0.5) is 17.1 Å². The van der Waals surface area contributed by atoms with E-state index in [1.165, 1.54) is 17.0 Å². The molecule has 3 atom stereocenters. The first-order valence-electron chi connectivity index (χ1n) is 10.6. The summed E-state index contributed by atoms with van der Waals surface area (Å²) in [5.74, 6) is -1.55. The van der Waals surface area contributed by atoms with Gasteiger partial charge in [-0.15, -0.1) is 0 Å². The van der Waals surface area contributed by atoms with Gasteiger partial charge in [-0.1, -0.05) is 48.0 Å². The minimum Gasteiger partial charge on any atom is -0.273 e. The predicted octanol–water partition coefficient (Wildman–Crippen LogP) is 4.26. The molecule has 2 saturated heterocycles. The highest BCUT2D eigenvalue weighted by atomic mass is 16.7. The van der Waals surface area contributed by atoms with Crippen LogP contribution in [0.25, 0.3) is 0 Å². The molecule has 0 aromatic heterocycles. The third kappa shape index (κ3) is 3.35. The third-order valence-electron chi connectivity index (χ3n) is 6.16. The van der Waals surface area contributed by atoms with Gasteiger partial charge in [0, 0.05) is 12.1 Å². The Balaban J connectivity index is 1.59. The highest BCUT2D eigenvalue weighted by Gasteiger charge is 2.60. The van der Waals surface area contributed by atoms with E-state index in [2.05, 4.69) is 0 Å². The number of amides is 2. The minimum absolute atomic E-state index is 0.0498. The quantitative estimate of drug-likeness (QED) is 0.340. The summed E-state index contributed by atoms with van der Waals surface area (Å²) in [7, 11) is 0. The van der Waals surface area contributed by atoms with Gasteiger partial charge in [0.25, 0.3) is 11.6 Å². The van der Waals surface area contributed by atoms with E-state index in [9.17, 15) is 19.7 Å². The van der Waals surface area contributed by atoms with Crippen LogP contribution in [0.5, 0.6) is 0 Å². The molecule has 3 aromatic carbocycles. The second-order valence-electron chi connectivity index (χ2n) is 8.31. The number of benzene rings is 3. The molecule has 8 nitrogen and oxygen atoms in total. The number of hydroxylamine groups is 1. The number of nitro benzene ring substituents is 1. The first-order chi connectivity index (χ1) is 15.9. The van der Waals surface area contributed by atoms with Crippen molar-refractivity contribution in [1.29, 1.82) is 0 Å². The molecule has 5 rings (SSSR count). The summed E-state index contributed by atoms with van der Waals surface area (Å²) in [5.41, 5.74) is 3.69. The van der Waals surface area contributed by atoms with Crippen molar-refractivity contribution in [1.82, 2.24) is 0 Å². The van der Waals surface area contributed by atoms with Gasteiger partial charge in [-0.25, -0.2) is 9.96 Å². The van der Waals surface area contributed by atoms with Gasteiger partial charge in [0.05, 0.1) is 22.3 Å². The number of anilines is 2. The molecule has 166 valence electrons. The lowest BCUT2D eigenvalue weighted by atomic mass is 9.90. The molecule has 0 saturated carbocycles. The molecule has 3 aromatic rings. The van der Waals surface area contributed by atoms with Gasteiger partial charge < -0.3 is 0 Å². The molecule has 0 bridgehead atoms. The molecule has 2 amide bonds. The van der Waals surface area contributed by atoms with Crippen LogP contribution in [0, 0.1) is 29.9 Å². The fourth-order valence-corrected chi connectivity index (χ4v) is 4.64. The zero-order chi connectivity index (χ0) is 23.3. The number of non-ortho nitro benzene ring substituents is 1. The Hall–Kier alpha value is -4.04. The number of para-hydroxylation sites is 1. The number of rotatable bonds is 4. The van der Waals surface area contributed by atoms with Crippen molar-refractivity contribution in [3.63, 3.8) is 0 Å². The van der Waals surface area contributed by atoms with E-state index in [1.54, 1.807) is 23.3 Å². The lowest BCUT2D eigenvalue weighted by Gasteiger charge is -2.29. The Kier molecular flexibility index (Phi) is 4.94. The van der Waals surface area contributed by atoms with E-state index in [0.717, 1.165) is 11.1 Å².